The number of ether oxygens (including phenoxy) is 1. The number of amides is 1. The number of hydrogen-bond acceptors (Lipinski definition) is 3. The van der Waals surface area contributed by atoms with Crippen LogP contribution in [0.2, 0.25) is 0 Å². The van der Waals surface area contributed by atoms with Gasteiger partial charge in [0.1, 0.15) is 0 Å². The highest BCUT2D eigenvalue weighted by Gasteiger charge is 2.12. The lowest BCUT2D eigenvalue weighted by molar-refractivity contribution is -0.146. The predicted molar refractivity (Wildman–Crippen MR) is 100 cm³/mol. The van der Waals surface area contributed by atoms with Gasteiger partial charge in [-0.1, -0.05) is 34.1 Å². The third-order valence-electron chi connectivity index (χ3n) is 3.84. The first-order chi connectivity index (χ1) is 12.0. The highest BCUT2D eigenvalue weighted by atomic mass is 79.9. The number of aromatic amines is 1. The largest absolute Gasteiger partial charge is 0.455 e. The molecule has 2 aromatic carbocycles. The van der Waals surface area contributed by atoms with Crippen LogP contribution in [0.3, 0.4) is 0 Å². The van der Waals surface area contributed by atoms with Gasteiger partial charge in [-0.25, -0.2) is 0 Å². The Kier molecular flexibility index (Phi) is 5.19. The van der Waals surface area contributed by atoms with Crippen molar-refractivity contribution in [1.82, 2.24) is 4.98 Å². The van der Waals surface area contributed by atoms with Crippen LogP contribution in [-0.2, 0) is 20.7 Å². The molecule has 2 N–H and O–H groups in total. The van der Waals surface area contributed by atoms with Crippen LogP contribution in [0.4, 0.5) is 5.69 Å². The first-order valence-electron chi connectivity index (χ1n) is 7.79. The minimum Gasteiger partial charge on any atom is -0.455 e. The zero-order valence-corrected chi connectivity index (χ0v) is 15.2. The van der Waals surface area contributed by atoms with E-state index in [0.29, 0.717) is 5.69 Å². The van der Waals surface area contributed by atoms with E-state index in [9.17, 15) is 9.59 Å². The zero-order chi connectivity index (χ0) is 17.8. The van der Waals surface area contributed by atoms with Crippen LogP contribution in [0.15, 0.2) is 53.1 Å². The quantitative estimate of drug-likeness (QED) is 0.636. The minimum atomic E-state index is -0.438. The summed E-state index contributed by atoms with van der Waals surface area (Å²) in [5.74, 6) is -0.801. The van der Waals surface area contributed by atoms with Crippen LogP contribution in [-0.4, -0.2) is 23.5 Å². The smallest absolute Gasteiger partial charge is 0.310 e. The number of fused-ring (bicyclic) bond motifs is 1. The molecule has 0 aliphatic rings. The molecular weight excluding hydrogens is 384 g/mol. The van der Waals surface area contributed by atoms with Crippen molar-refractivity contribution in [2.24, 2.45) is 0 Å². The average molecular weight is 401 g/mol. The number of H-pyrrole nitrogens is 1. The Balaban J connectivity index is 1.54. The summed E-state index contributed by atoms with van der Waals surface area (Å²) in [5, 5.41) is 3.72. The number of aromatic nitrogens is 1. The van der Waals surface area contributed by atoms with Crippen LogP contribution in [0.25, 0.3) is 10.9 Å². The van der Waals surface area contributed by atoms with E-state index in [2.05, 4.69) is 26.2 Å². The van der Waals surface area contributed by atoms with E-state index in [4.69, 9.17) is 4.74 Å². The molecule has 1 aromatic heterocycles. The Morgan fingerprint density at radius 1 is 1.20 bits per heavy atom. The molecule has 0 aliphatic carbocycles. The molecule has 0 radical (unpaired) electrons. The zero-order valence-electron chi connectivity index (χ0n) is 13.6. The molecule has 0 aliphatic heterocycles. The fourth-order valence-corrected chi connectivity index (χ4v) is 3.06. The van der Waals surface area contributed by atoms with Crippen molar-refractivity contribution < 1.29 is 14.3 Å². The standard InChI is InChI=1S/C19H17BrN2O3/c1-12-8-14(20)6-7-16(12)22-18(23)11-25-19(24)9-13-10-21-17-5-3-2-4-15(13)17/h2-8,10,21H,9,11H2,1H3,(H,22,23). The van der Waals surface area contributed by atoms with E-state index in [1.165, 1.54) is 0 Å². The molecule has 0 bridgehead atoms. The van der Waals surface area contributed by atoms with Gasteiger partial charge < -0.3 is 15.0 Å². The summed E-state index contributed by atoms with van der Waals surface area (Å²) in [7, 11) is 0. The maximum Gasteiger partial charge on any atom is 0.310 e. The molecule has 3 rings (SSSR count). The predicted octanol–water partition coefficient (Wildman–Crippen LogP) is 3.96. The van der Waals surface area contributed by atoms with Crippen molar-refractivity contribution in [2.75, 3.05) is 11.9 Å². The van der Waals surface area contributed by atoms with E-state index in [-0.39, 0.29) is 18.9 Å². The molecule has 1 amide bonds. The molecule has 0 atom stereocenters. The first-order valence-corrected chi connectivity index (χ1v) is 8.59. The summed E-state index contributed by atoms with van der Waals surface area (Å²) in [5.41, 5.74) is 3.44. The molecule has 0 spiro atoms. The molecule has 0 saturated heterocycles. The number of nitrogens with one attached hydrogen (secondary N) is 2. The third-order valence-corrected chi connectivity index (χ3v) is 4.33. The number of aryl methyl sites for hydroxylation is 1. The summed E-state index contributed by atoms with van der Waals surface area (Å²) in [4.78, 5) is 27.1. The minimum absolute atomic E-state index is 0.120. The Bertz CT molecular complexity index is 933. The van der Waals surface area contributed by atoms with Gasteiger partial charge in [0.25, 0.3) is 5.91 Å². The van der Waals surface area contributed by atoms with Crippen molar-refractivity contribution in [2.45, 2.75) is 13.3 Å². The Morgan fingerprint density at radius 2 is 2.00 bits per heavy atom. The number of anilines is 1. The summed E-state index contributed by atoms with van der Waals surface area (Å²) >= 11 is 3.37. The molecule has 0 unspecified atom stereocenters. The van der Waals surface area contributed by atoms with Crippen molar-refractivity contribution in [1.29, 1.82) is 0 Å². The van der Waals surface area contributed by atoms with E-state index in [1.54, 1.807) is 12.3 Å². The van der Waals surface area contributed by atoms with Crippen molar-refractivity contribution >= 4 is 44.4 Å². The number of para-hydroxylation sites is 1. The molecule has 0 fully saturated rings. The maximum atomic E-state index is 12.0. The fourth-order valence-electron chi connectivity index (χ4n) is 2.58. The Labute approximate surface area is 153 Å². The number of carbonyl (C=O) groups excluding carboxylic acids is 2. The van der Waals surface area contributed by atoms with E-state index in [1.807, 2.05) is 43.3 Å². The second-order valence-electron chi connectivity index (χ2n) is 5.70. The monoisotopic (exact) mass is 400 g/mol. The van der Waals surface area contributed by atoms with Crippen molar-refractivity contribution in [3.63, 3.8) is 0 Å². The summed E-state index contributed by atoms with van der Waals surface area (Å²) in [6.07, 6.45) is 1.91. The van der Waals surface area contributed by atoms with Gasteiger partial charge in [-0.3, -0.25) is 9.59 Å². The second-order valence-corrected chi connectivity index (χ2v) is 6.62. The van der Waals surface area contributed by atoms with Gasteiger partial charge in [0.05, 0.1) is 6.42 Å². The lowest BCUT2D eigenvalue weighted by atomic mass is 10.1. The number of carbonyl (C=O) groups is 2. The fraction of sp³-hybridized carbons (Fsp3) is 0.158. The van der Waals surface area contributed by atoms with E-state index >= 15 is 0 Å². The van der Waals surface area contributed by atoms with Crippen LogP contribution in [0, 0.1) is 6.92 Å². The molecule has 0 saturated carbocycles. The first kappa shape index (κ1) is 17.2. The molecular formula is C19H17BrN2O3. The van der Waals surface area contributed by atoms with Gasteiger partial charge >= 0.3 is 5.97 Å². The molecule has 6 heteroatoms. The van der Waals surface area contributed by atoms with Gasteiger partial charge in [0, 0.05) is 27.3 Å². The molecule has 25 heavy (non-hydrogen) atoms. The molecule has 1 heterocycles. The number of esters is 1. The van der Waals surface area contributed by atoms with Gasteiger partial charge in [0.15, 0.2) is 6.61 Å². The van der Waals surface area contributed by atoms with Gasteiger partial charge in [-0.2, -0.15) is 0 Å². The van der Waals surface area contributed by atoms with Gasteiger partial charge in [0.2, 0.25) is 0 Å². The van der Waals surface area contributed by atoms with Gasteiger partial charge in [-0.15, -0.1) is 0 Å². The Hall–Kier alpha value is -2.60. The van der Waals surface area contributed by atoms with E-state index < -0.39 is 5.97 Å². The lowest BCUT2D eigenvalue weighted by Crippen LogP contribution is -2.22. The third kappa shape index (κ3) is 4.28. The second kappa shape index (κ2) is 7.53. The van der Waals surface area contributed by atoms with Crippen LogP contribution >= 0.6 is 15.9 Å². The lowest BCUT2D eigenvalue weighted by Gasteiger charge is -2.09. The summed E-state index contributed by atoms with van der Waals surface area (Å²) in [6, 6.07) is 13.3. The van der Waals surface area contributed by atoms with Crippen LogP contribution < -0.4 is 5.32 Å². The highest BCUT2D eigenvalue weighted by Crippen LogP contribution is 2.20. The molecule has 5 nitrogen and oxygen atoms in total. The number of halogens is 1. The summed E-state index contributed by atoms with van der Waals surface area (Å²) in [6.45, 7) is 1.58. The average Bonchev–Trinajstić information content (AvgIpc) is 2.99. The highest BCUT2D eigenvalue weighted by molar-refractivity contribution is 9.10. The van der Waals surface area contributed by atoms with Crippen molar-refractivity contribution in [3.05, 3.63) is 64.3 Å². The number of rotatable bonds is 5. The molecule has 128 valence electrons. The molecule has 3 aromatic rings. The normalized spacial score (nSPS) is 10.6. The van der Waals surface area contributed by atoms with Crippen LogP contribution in [0.1, 0.15) is 11.1 Å². The Morgan fingerprint density at radius 3 is 2.80 bits per heavy atom. The summed E-state index contributed by atoms with van der Waals surface area (Å²) < 4.78 is 6.03. The SMILES string of the molecule is Cc1cc(Br)ccc1NC(=O)COC(=O)Cc1c[nH]c2ccccc12. The number of hydrogen-bond donors (Lipinski definition) is 2. The number of benzene rings is 2. The van der Waals surface area contributed by atoms with Crippen molar-refractivity contribution in [3.8, 4) is 0 Å². The topological polar surface area (TPSA) is 71.2 Å². The van der Waals surface area contributed by atoms with Crippen LogP contribution in [0.5, 0.6) is 0 Å². The van der Waals surface area contributed by atoms with Gasteiger partial charge in [-0.05, 0) is 42.3 Å². The maximum absolute atomic E-state index is 12.0. The van der Waals surface area contributed by atoms with E-state index in [0.717, 1.165) is 26.5 Å².